The summed E-state index contributed by atoms with van der Waals surface area (Å²) in [6.07, 6.45) is 1.51. The second-order valence-electron chi connectivity index (χ2n) is 9.37. The summed E-state index contributed by atoms with van der Waals surface area (Å²) in [5, 5.41) is 16.6. The molecule has 4 aromatic rings. The highest BCUT2D eigenvalue weighted by molar-refractivity contribution is 9.10. The van der Waals surface area contributed by atoms with Crippen molar-refractivity contribution in [2.24, 2.45) is 0 Å². The van der Waals surface area contributed by atoms with Gasteiger partial charge in [0.25, 0.3) is 17.5 Å². The standard InChI is InChI=1S/C33H30BrN3O6/c1-2-42-30-19-26(18-29(34)31(30)43-22-25-13-15-27(16-14-25)37(40)41)17-28(32(38)35-20-23-9-5-3-6-10-23)33(39)36-21-24-11-7-4-8-12-24/h3-19H,2,20-22H2,1H3,(H,35,38)(H,36,39). The molecule has 2 amide bonds. The summed E-state index contributed by atoms with van der Waals surface area (Å²) in [6.45, 7) is 2.82. The Morgan fingerprint density at radius 1 is 0.814 bits per heavy atom. The van der Waals surface area contributed by atoms with Crippen LogP contribution in [-0.4, -0.2) is 23.3 Å². The number of hydrogen-bond acceptors (Lipinski definition) is 6. The molecule has 0 aliphatic carbocycles. The molecule has 43 heavy (non-hydrogen) atoms. The highest BCUT2D eigenvalue weighted by Crippen LogP contribution is 2.38. The molecule has 0 aliphatic rings. The Kier molecular flexibility index (Phi) is 11.0. The normalized spacial score (nSPS) is 10.4. The van der Waals surface area contributed by atoms with Gasteiger partial charge in [-0.1, -0.05) is 60.7 Å². The Labute approximate surface area is 257 Å². The first-order valence-corrected chi connectivity index (χ1v) is 14.3. The molecule has 0 spiro atoms. The summed E-state index contributed by atoms with van der Waals surface area (Å²) in [6, 6.07) is 28.3. The molecule has 4 rings (SSSR count). The second-order valence-corrected chi connectivity index (χ2v) is 10.2. The third kappa shape index (κ3) is 9.01. The molecular weight excluding hydrogens is 614 g/mol. The van der Waals surface area contributed by atoms with Crippen molar-refractivity contribution < 1.29 is 24.0 Å². The number of nitrogens with zero attached hydrogens (tertiary/aromatic N) is 1. The molecular formula is C33H30BrN3O6. The van der Waals surface area contributed by atoms with Crippen molar-refractivity contribution in [1.29, 1.82) is 0 Å². The fraction of sp³-hybridized carbons (Fsp3) is 0.152. The number of nitro groups is 1. The maximum absolute atomic E-state index is 13.3. The first-order chi connectivity index (χ1) is 20.8. The minimum atomic E-state index is -0.526. The van der Waals surface area contributed by atoms with E-state index < -0.39 is 16.7 Å². The van der Waals surface area contributed by atoms with Crippen LogP contribution < -0.4 is 20.1 Å². The van der Waals surface area contributed by atoms with Gasteiger partial charge in [-0.05, 0) is 75.4 Å². The summed E-state index contributed by atoms with van der Waals surface area (Å²) < 4.78 is 12.4. The van der Waals surface area contributed by atoms with Gasteiger partial charge in [0, 0.05) is 25.2 Å². The minimum Gasteiger partial charge on any atom is -0.490 e. The Morgan fingerprint density at radius 2 is 1.37 bits per heavy atom. The average Bonchev–Trinajstić information content (AvgIpc) is 3.02. The molecule has 0 unspecified atom stereocenters. The maximum atomic E-state index is 13.3. The maximum Gasteiger partial charge on any atom is 0.269 e. The van der Waals surface area contributed by atoms with Crippen molar-refractivity contribution in [1.82, 2.24) is 10.6 Å². The number of non-ortho nitro benzene ring substituents is 1. The van der Waals surface area contributed by atoms with E-state index in [1.54, 1.807) is 24.3 Å². The smallest absolute Gasteiger partial charge is 0.269 e. The van der Waals surface area contributed by atoms with E-state index in [9.17, 15) is 19.7 Å². The van der Waals surface area contributed by atoms with Gasteiger partial charge in [0.1, 0.15) is 12.2 Å². The van der Waals surface area contributed by atoms with Gasteiger partial charge in [0.15, 0.2) is 11.5 Å². The summed E-state index contributed by atoms with van der Waals surface area (Å²) >= 11 is 3.53. The van der Waals surface area contributed by atoms with Crippen LogP contribution in [0.25, 0.3) is 6.08 Å². The molecule has 0 saturated carbocycles. The molecule has 4 aromatic carbocycles. The van der Waals surface area contributed by atoms with E-state index in [0.717, 1.165) is 16.7 Å². The number of nitro benzene ring substituents is 1. The Bertz CT molecular complexity index is 1540. The highest BCUT2D eigenvalue weighted by Gasteiger charge is 2.20. The SMILES string of the molecule is CCOc1cc(C=C(C(=O)NCc2ccccc2)C(=O)NCc2ccccc2)cc(Br)c1OCc1ccc([N+](=O)[O-])cc1. The molecule has 220 valence electrons. The van der Waals surface area contributed by atoms with Gasteiger partial charge >= 0.3 is 0 Å². The quantitative estimate of drug-likeness (QED) is 0.0576. The molecule has 0 saturated heterocycles. The number of carbonyl (C=O) groups excluding carboxylic acids is 2. The molecule has 0 aromatic heterocycles. The van der Waals surface area contributed by atoms with Crippen molar-refractivity contribution in [3.8, 4) is 11.5 Å². The van der Waals surface area contributed by atoms with Gasteiger partial charge in [-0.25, -0.2) is 0 Å². The topological polar surface area (TPSA) is 120 Å². The van der Waals surface area contributed by atoms with Gasteiger partial charge < -0.3 is 20.1 Å². The van der Waals surface area contributed by atoms with Gasteiger partial charge in [-0.2, -0.15) is 0 Å². The number of nitrogens with one attached hydrogen (secondary N) is 2. The molecule has 0 radical (unpaired) electrons. The van der Waals surface area contributed by atoms with E-state index in [-0.39, 0.29) is 31.0 Å². The summed E-state index contributed by atoms with van der Waals surface area (Å²) in [7, 11) is 0. The van der Waals surface area contributed by atoms with E-state index in [1.165, 1.54) is 18.2 Å². The van der Waals surface area contributed by atoms with Crippen LogP contribution in [0.3, 0.4) is 0 Å². The van der Waals surface area contributed by atoms with Gasteiger partial charge in [-0.15, -0.1) is 0 Å². The third-order valence-corrected chi connectivity index (χ3v) is 6.84. The Balaban J connectivity index is 1.59. The van der Waals surface area contributed by atoms with Crippen LogP contribution in [0.15, 0.2) is 107 Å². The summed E-state index contributed by atoms with van der Waals surface area (Å²) in [5.41, 5.74) is 2.99. The zero-order valence-corrected chi connectivity index (χ0v) is 25.0. The average molecular weight is 645 g/mol. The van der Waals surface area contributed by atoms with Crippen LogP contribution in [0, 0.1) is 10.1 Å². The molecule has 0 heterocycles. The molecule has 9 nitrogen and oxygen atoms in total. The fourth-order valence-corrected chi connectivity index (χ4v) is 4.67. The molecule has 0 atom stereocenters. The van der Waals surface area contributed by atoms with Gasteiger partial charge in [0.05, 0.1) is 16.0 Å². The number of hydrogen-bond donors (Lipinski definition) is 2. The zero-order valence-electron chi connectivity index (χ0n) is 23.4. The van der Waals surface area contributed by atoms with E-state index >= 15 is 0 Å². The molecule has 2 N–H and O–H groups in total. The molecule has 0 bridgehead atoms. The third-order valence-electron chi connectivity index (χ3n) is 6.25. The largest absolute Gasteiger partial charge is 0.490 e. The molecule has 10 heteroatoms. The van der Waals surface area contributed by atoms with Crippen molar-refractivity contribution in [2.45, 2.75) is 26.6 Å². The van der Waals surface area contributed by atoms with E-state index in [2.05, 4.69) is 26.6 Å². The highest BCUT2D eigenvalue weighted by atomic mass is 79.9. The van der Waals surface area contributed by atoms with E-state index in [0.29, 0.717) is 28.1 Å². The number of rotatable bonds is 13. The van der Waals surface area contributed by atoms with Crippen molar-refractivity contribution in [3.63, 3.8) is 0 Å². The number of benzene rings is 4. The lowest BCUT2D eigenvalue weighted by Crippen LogP contribution is -2.34. The van der Waals surface area contributed by atoms with Crippen LogP contribution in [0.5, 0.6) is 11.5 Å². The van der Waals surface area contributed by atoms with E-state index in [4.69, 9.17) is 9.47 Å². The van der Waals surface area contributed by atoms with Crippen LogP contribution in [0.4, 0.5) is 5.69 Å². The number of ether oxygens (including phenoxy) is 2. The molecule has 0 fully saturated rings. The van der Waals surface area contributed by atoms with Crippen molar-refractivity contribution >= 4 is 39.5 Å². The lowest BCUT2D eigenvalue weighted by molar-refractivity contribution is -0.384. The lowest BCUT2D eigenvalue weighted by Gasteiger charge is -2.15. The Hall–Kier alpha value is -4.96. The first kappa shape index (κ1) is 31.0. The number of carbonyl (C=O) groups is 2. The van der Waals surface area contributed by atoms with E-state index in [1.807, 2.05) is 67.6 Å². The summed E-state index contributed by atoms with van der Waals surface area (Å²) in [4.78, 5) is 37.1. The zero-order chi connectivity index (χ0) is 30.6. The Morgan fingerprint density at radius 3 is 1.88 bits per heavy atom. The minimum absolute atomic E-state index is 0.00695. The van der Waals surface area contributed by atoms with Crippen LogP contribution in [0.1, 0.15) is 29.2 Å². The predicted octanol–water partition coefficient (Wildman–Crippen LogP) is 6.35. The number of halogens is 1. The monoisotopic (exact) mass is 643 g/mol. The van der Waals surface area contributed by atoms with Crippen LogP contribution in [0.2, 0.25) is 0 Å². The van der Waals surface area contributed by atoms with Gasteiger partial charge in [-0.3, -0.25) is 19.7 Å². The molecule has 0 aliphatic heterocycles. The van der Waals surface area contributed by atoms with Gasteiger partial charge in [0.2, 0.25) is 0 Å². The lowest BCUT2D eigenvalue weighted by atomic mass is 10.1. The fourth-order valence-electron chi connectivity index (χ4n) is 4.09. The van der Waals surface area contributed by atoms with Crippen LogP contribution in [-0.2, 0) is 29.3 Å². The predicted molar refractivity (Wildman–Crippen MR) is 167 cm³/mol. The summed E-state index contributed by atoms with van der Waals surface area (Å²) in [5.74, 6) is -0.233. The van der Waals surface area contributed by atoms with Crippen LogP contribution >= 0.6 is 15.9 Å². The second kappa shape index (κ2) is 15.3. The van der Waals surface area contributed by atoms with Crippen molar-refractivity contribution in [2.75, 3.05) is 6.61 Å². The van der Waals surface area contributed by atoms with Crippen molar-refractivity contribution in [3.05, 3.63) is 139 Å². The number of amides is 2. The first-order valence-electron chi connectivity index (χ1n) is 13.5.